The molecule has 6 heteroatoms. The molecule has 102 valence electrons. The molecule has 0 amide bonds. The maximum atomic E-state index is 6.15. The minimum atomic E-state index is 0.107. The lowest BCUT2D eigenvalue weighted by molar-refractivity contribution is 0.370. The van der Waals surface area contributed by atoms with E-state index < -0.39 is 0 Å². The fourth-order valence-corrected chi connectivity index (χ4v) is 2.26. The van der Waals surface area contributed by atoms with Crippen LogP contribution in [-0.4, -0.2) is 16.7 Å². The van der Waals surface area contributed by atoms with Gasteiger partial charge in [-0.1, -0.05) is 28.4 Å². The van der Waals surface area contributed by atoms with Crippen molar-refractivity contribution in [3.05, 3.63) is 45.5 Å². The smallest absolute Gasteiger partial charge is 0.227 e. The maximum Gasteiger partial charge on any atom is 0.227 e. The zero-order valence-corrected chi connectivity index (χ0v) is 12.3. The molecule has 1 N–H and O–H groups in total. The quantitative estimate of drug-likeness (QED) is 0.917. The van der Waals surface area contributed by atoms with Gasteiger partial charge in [-0.3, -0.25) is 0 Å². The highest BCUT2D eigenvalue weighted by Crippen LogP contribution is 2.26. The number of halogens is 2. The first kappa shape index (κ1) is 14.3. The number of benzene rings is 1. The van der Waals surface area contributed by atoms with Gasteiger partial charge in [-0.2, -0.15) is 4.98 Å². The highest BCUT2D eigenvalue weighted by atomic mass is 35.5. The Morgan fingerprint density at radius 1 is 1.37 bits per heavy atom. The molecule has 1 heterocycles. The van der Waals surface area contributed by atoms with Crippen LogP contribution in [-0.2, 0) is 6.42 Å². The van der Waals surface area contributed by atoms with Crippen molar-refractivity contribution in [1.29, 1.82) is 0 Å². The molecule has 1 aromatic carbocycles. The fraction of sp³-hybridized carbons (Fsp3) is 0.385. The minimum Gasteiger partial charge on any atom is -0.339 e. The lowest BCUT2D eigenvalue weighted by atomic mass is 10.1. The van der Waals surface area contributed by atoms with Crippen LogP contribution < -0.4 is 5.32 Å². The molecule has 1 unspecified atom stereocenters. The normalized spacial score (nSPS) is 12.6. The average molecular weight is 300 g/mol. The van der Waals surface area contributed by atoms with Crippen molar-refractivity contribution >= 4 is 23.2 Å². The Kier molecular flexibility index (Phi) is 4.80. The van der Waals surface area contributed by atoms with E-state index in [1.807, 2.05) is 13.0 Å². The summed E-state index contributed by atoms with van der Waals surface area (Å²) in [5.74, 6) is 1.29. The third-order valence-electron chi connectivity index (χ3n) is 2.78. The molecule has 1 aromatic heterocycles. The fourth-order valence-electron chi connectivity index (χ4n) is 1.79. The third kappa shape index (κ3) is 3.93. The van der Waals surface area contributed by atoms with E-state index in [0.717, 1.165) is 12.1 Å². The number of aryl methyl sites for hydroxylation is 1. The molecule has 0 bridgehead atoms. The molecule has 0 radical (unpaired) electrons. The average Bonchev–Trinajstić information content (AvgIpc) is 2.78. The number of rotatable bonds is 5. The van der Waals surface area contributed by atoms with Crippen LogP contribution in [0, 0.1) is 6.92 Å². The molecule has 0 saturated heterocycles. The Bertz CT molecular complexity index is 557. The summed E-state index contributed by atoms with van der Waals surface area (Å²) in [6.07, 6.45) is 0.684. The van der Waals surface area contributed by atoms with Gasteiger partial charge in [0.2, 0.25) is 5.89 Å². The van der Waals surface area contributed by atoms with Crippen molar-refractivity contribution in [3.63, 3.8) is 0 Å². The summed E-state index contributed by atoms with van der Waals surface area (Å²) in [6, 6.07) is 5.56. The van der Waals surface area contributed by atoms with Crippen LogP contribution in [0.4, 0.5) is 0 Å². The molecule has 4 nitrogen and oxygen atoms in total. The summed E-state index contributed by atoms with van der Waals surface area (Å²) in [4.78, 5) is 4.15. The first-order valence-corrected chi connectivity index (χ1v) is 6.79. The van der Waals surface area contributed by atoms with Gasteiger partial charge in [-0.25, -0.2) is 0 Å². The number of nitrogens with zero attached hydrogens (tertiary/aromatic N) is 2. The molecule has 0 spiro atoms. The Morgan fingerprint density at radius 2 is 2.16 bits per heavy atom. The second-order valence-electron chi connectivity index (χ2n) is 4.33. The van der Waals surface area contributed by atoms with Gasteiger partial charge in [-0.05, 0) is 37.6 Å². The SMILES string of the molecule is Cc1noc(CCNC(C)c2cc(Cl)ccc2Cl)n1. The van der Waals surface area contributed by atoms with Crippen LogP contribution in [0.25, 0.3) is 0 Å². The van der Waals surface area contributed by atoms with E-state index in [2.05, 4.69) is 15.5 Å². The molecular weight excluding hydrogens is 285 g/mol. The van der Waals surface area contributed by atoms with Crippen LogP contribution >= 0.6 is 23.2 Å². The summed E-state index contributed by atoms with van der Waals surface area (Å²) in [6.45, 7) is 4.57. The second-order valence-corrected chi connectivity index (χ2v) is 5.17. The molecule has 0 saturated carbocycles. The van der Waals surface area contributed by atoms with E-state index in [1.165, 1.54) is 0 Å². The highest BCUT2D eigenvalue weighted by Gasteiger charge is 2.10. The van der Waals surface area contributed by atoms with Crippen LogP contribution in [0.5, 0.6) is 0 Å². The summed E-state index contributed by atoms with van der Waals surface area (Å²) in [5.41, 5.74) is 0.982. The van der Waals surface area contributed by atoms with Crippen molar-refractivity contribution < 1.29 is 4.52 Å². The zero-order valence-electron chi connectivity index (χ0n) is 10.8. The molecule has 1 atom stereocenters. The van der Waals surface area contributed by atoms with Crippen molar-refractivity contribution in [2.45, 2.75) is 26.3 Å². The van der Waals surface area contributed by atoms with E-state index in [0.29, 0.717) is 28.2 Å². The molecule has 0 aliphatic carbocycles. The number of hydrogen-bond acceptors (Lipinski definition) is 4. The molecule has 2 rings (SSSR count). The van der Waals surface area contributed by atoms with E-state index in [-0.39, 0.29) is 6.04 Å². The molecular formula is C13H15Cl2N3O. The number of aromatic nitrogens is 2. The van der Waals surface area contributed by atoms with Crippen molar-refractivity contribution in [2.75, 3.05) is 6.54 Å². The summed E-state index contributed by atoms with van der Waals surface area (Å²) < 4.78 is 5.05. The predicted molar refractivity (Wildman–Crippen MR) is 75.6 cm³/mol. The molecule has 0 aliphatic rings. The third-order valence-corrected chi connectivity index (χ3v) is 3.36. The largest absolute Gasteiger partial charge is 0.339 e. The van der Waals surface area contributed by atoms with Gasteiger partial charge in [0, 0.05) is 29.1 Å². The van der Waals surface area contributed by atoms with E-state index >= 15 is 0 Å². The first-order valence-electron chi connectivity index (χ1n) is 6.04. The summed E-state index contributed by atoms with van der Waals surface area (Å²) in [7, 11) is 0. The van der Waals surface area contributed by atoms with Gasteiger partial charge in [-0.15, -0.1) is 0 Å². The Labute approximate surface area is 122 Å². The standard InChI is InChI=1S/C13H15Cl2N3O/c1-8(11-7-10(14)3-4-12(11)15)16-6-5-13-17-9(2)18-19-13/h3-4,7-8,16H,5-6H2,1-2H3. The van der Waals surface area contributed by atoms with Crippen LogP contribution in [0.15, 0.2) is 22.7 Å². The minimum absolute atomic E-state index is 0.107. The summed E-state index contributed by atoms with van der Waals surface area (Å²) >= 11 is 12.1. The summed E-state index contributed by atoms with van der Waals surface area (Å²) in [5, 5.41) is 8.49. The van der Waals surface area contributed by atoms with Crippen molar-refractivity contribution in [3.8, 4) is 0 Å². The maximum absolute atomic E-state index is 6.15. The monoisotopic (exact) mass is 299 g/mol. The van der Waals surface area contributed by atoms with Gasteiger partial charge >= 0.3 is 0 Å². The molecule has 0 aliphatic heterocycles. The lowest BCUT2D eigenvalue weighted by Crippen LogP contribution is -2.21. The lowest BCUT2D eigenvalue weighted by Gasteiger charge is -2.15. The van der Waals surface area contributed by atoms with Gasteiger partial charge in [0.15, 0.2) is 5.82 Å². The van der Waals surface area contributed by atoms with Gasteiger partial charge in [0.25, 0.3) is 0 Å². The molecule has 0 fully saturated rings. The first-order chi connectivity index (χ1) is 9.06. The van der Waals surface area contributed by atoms with Gasteiger partial charge < -0.3 is 9.84 Å². The van der Waals surface area contributed by atoms with Crippen LogP contribution in [0.2, 0.25) is 10.0 Å². The van der Waals surface area contributed by atoms with Crippen LogP contribution in [0.3, 0.4) is 0 Å². The van der Waals surface area contributed by atoms with E-state index in [4.69, 9.17) is 27.7 Å². The highest BCUT2D eigenvalue weighted by molar-refractivity contribution is 6.33. The topological polar surface area (TPSA) is 51.0 Å². The predicted octanol–water partition coefficient (Wildman–Crippen LogP) is 3.58. The Hall–Kier alpha value is -1.10. The Balaban J connectivity index is 1.90. The zero-order chi connectivity index (χ0) is 13.8. The molecule has 2 aromatic rings. The number of hydrogen-bond donors (Lipinski definition) is 1. The van der Waals surface area contributed by atoms with E-state index in [9.17, 15) is 0 Å². The molecule has 19 heavy (non-hydrogen) atoms. The van der Waals surface area contributed by atoms with Gasteiger partial charge in [0.05, 0.1) is 0 Å². The van der Waals surface area contributed by atoms with Crippen molar-refractivity contribution in [2.24, 2.45) is 0 Å². The Morgan fingerprint density at radius 3 is 2.84 bits per heavy atom. The van der Waals surface area contributed by atoms with Crippen molar-refractivity contribution in [1.82, 2.24) is 15.5 Å². The van der Waals surface area contributed by atoms with Crippen LogP contribution in [0.1, 0.15) is 30.2 Å². The number of nitrogens with one attached hydrogen (secondary N) is 1. The second kappa shape index (κ2) is 6.37. The van der Waals surface area contributed by atoms with Gasteiger partial charge in [0.1, 0.15) is 0 Å². The van der Waals surface area contributed by atoms with E-state index in [1.54, 1.807) is 19.1 Å².